The van der Waals surface area contributed by atoms with Gasteiger partial charge < -0.3 is 24.0 Å². The number of carbonyl (C=O) groups excluding carboxylic acids is 1. The average molecular weight is 571 g/mol. The van der Waals surface area contributed by atoms with Crippen molar-refractivity contribution in [2.45, 2.75) is 26.6 Å². The van der Waals surface area contributed by atoms with E-state index in [9.17, 15) is 4.79 Å². The maximum absolute atomic E-state index is 13.3. The molecular weight excluding hydrogens is 536 g/mol. The summed E-state index contributed by atoms with van der Waals surface area (Å²) in [6.45, 7) is 7.41. The summed E-state index contributed by atoms with van der Waals surface area (Å²) in [5, 5.41) is 2.83. The summed E-state index contributed by atoms with van der Waals surface area (Å²) in [6.07, 6.45) is 0. The molecule has 3 aromatic carbocycles. The topological polar surface area (TPSA) is 67.4 Å². The van der Waals surface area contributed by atoms with Crippen LogP contribution in [-0.4, -0.2) is 60.8 Å². The van der Waals surface area contributed by atoms with E-state index < -0.39 is 0 Å². The number of thiazole rings is 1. The standard InChI is InChI=1S/C32H34N4O4S/c1-23-3-5-24(6-4-23)18-34(19-25-7-12-29-30(17-25)40-22-39-29)20-31-33-28(21-41-31)32(37)36-15-13-35(14-16-36)26-8-10-27(38-2)11-9-26/h3-12,17,21H,13-16,18-20,22H2,1-2H3. The van der Waals surface area contributed by atoms with Crippen molar-refractivity contribution in [2.24, 2.45) is 0 Å². The molecule has 2 aliphatic rings. The molecule has 0 atom stereocenters. The molecule has 1 amide bonds. The largest absolute Gasteiger partial charge is 0.497 e. The molecule has 0 spiro atoms. The summed E-state index contributed by atoms with van der Waals surface area (Å²) in [7, 11) is 1.67. The molecule has 8 nitrogen and oxygen atoms in total. The lowest BCUT2D eigenvalue weighted by Gasteiger charge is -2.35. The zero-order chi connectivity index (χ0) is 28.2. The summed E-state index contributed by atoms with van der Waals surface area (Å²) >= 11 is 1.55. The first-order valence-corrected chi connectivity index (χ1v) is 14.7. The fourth-order valence-electron chi connectivity index (χ4n) is 5.21. The van der Waals surface area contributed by atoms with Gasteiger partial charge in [0.1, 0.15) is 16.5 Å². The molecule has 0 unspecified atom stereocenters. The van der Waals surface area contributed by atoms with Gasteiger partial charge in [-0.3, -0.25) is 9.69 Å². The SMILES string of the molecule is COc1ccc(N2CCN(C(=O)c3csc(CN(Cc4ccc(C)cc4)Cc4ccc5c(c4)OCO5)n3)CC2)cc1. The summed E-state index contributed by atoms with van der Waals surface area (Å²) in [6, 6.07) is 22.8. The van der Waals surface area contributed by atoms with E-state index in [1.807, 2.05) is 34.5 Å². The molecule has 1 saturated heterocycles. The first-order chi connectivity index (χ1) is 20.0. The maximum Gasteiger partial charge on any atom is 0.273 e. The zero-order valence-electron chi connectivity index (χ0n) is 23.4. The van der Waals surface area contributed by atoms with Crippen LogP contribution in [0.25, 0.3) is 0 Å². The Morgan fingerprint density at radius 3 is 2.37 bits per heavy atom. The number of rotatable bonds is 9. The third-order valence-electron chi connectivity index (χ3n) is 7.50. The van der Waals surface area contributed by atoms with Gasteiger partial charge in [0.25, 0.3) is 5.91 Å². The Balaban J connectivity index is 1.11. The number of anilines is 1. The Morgan fingerprint density at radius 1 is 0.902 bits per heavy atom. The van der Waals surface area contributed by atoms with E-state index in [1.54, 1.807) is 18.4 Å². The monoisotopic (exact) mass is 570 g/mol. The Kier molecular flexibility index (Phi) is 8.07. The van der Waals surface area contributed by atoms with E-state index in [0.29, 0.717) is 25.3 Å². The molecule has 3 heterocycles. The van der Waals surface area contributed by atoms with Crippen LogP contribution in [0.15, 0.2) is 72.1 Å². The fraction of sp³-hybridized carbons (Fsp3) is 0.312. The van der Waals surface area contributed by atoms with E-state index in [0.717, 1.165) is 59.7 Å². The van der Waals surface area contributed by atoms with E-state index in [2.05, 4.69) is 59.2 Å². The van der Waals surface area contributed by atoms with Crippen LogP contribution >= 0.6 is 11.3 Å². The van der Waals surface area contributed by atoms with E-state index in [4.69, 9.17) is 19.2 Å². The first kappa shape index (κ1) is 27.1. The number of amides is 1. The third-order valence-corrected chi connectivity index (χ3v) is 8.34. The van der Waals surface area contributed by atoms with Gasteiger partial charge in [-0.2, -0.15) is 0 Å². The molecule has 1 aromatic heterocycles. The van der Waals surface area contributed by atoms with E-state index in [-0.39, 0.29) is 12.7 Å². The number of hydrogen-bond donors (Lipinski definition) is 0. The summed E-state index contributed by atoms with van der Waals surface area (Å²) in [4.78, 5) is 24.7. The Bertz CT molecular complexity index is 1480. The number of carbonyl (C=O) groups is 1. The van der Waals surface area contributed by atoms with Gasteiger partial charge in [0.2, 0.25) is 6.79 Å². The highest BCUT2D eigenvalue weighted by atomic mass is 32.1. The van der Waals surface area contributed by atoms with Crippen molar-refractivity contribution in [1.29, 1.82) is 0 Å². The van der Waals surface area contributed by atoms with Crippen LogP contribution in [0.2, 0.25) is 0 Å². The minimum atomic E-state index is 0.00253. The molecule has 212 valence electrons. The van der Waals surface area contributed by atoms with Crippen molar-refractivity contribution in [2.75, 3.05) is 45.0 Å². The number of hydrogen-bond acceptors (Lipinski definition) is 8. The fourth-order valence-corrected chi connectivity index (χ4v) is 6.02. The summed E-state index contributed by atoms with van der Waals surface area (Å²) in [5.74, 6) is 2.41. The van der Waals surface area contributed by atoms with Gasteiger partial charge in [-0.25, -0.2) is 4.98 Å². The molecule has 6 rings (SSSR count). The lowest BCUT2D eigenvalue weighted by molar-refractivity contribution is 0.0741. The van der Waals surface area contributed by atoms with Crippen LogP contribution in [-0.2, 0) is 19.6 Å². The highest BCUT2D eigenvalue weighted by Gasteiger charge is 2.25. The van der Waals surface area contributed by atoms with E-state index in [1.165, 1.54) is 11.1 Å². The van der Waals surface area contributed by atoms with Crippen molar-refractivity contribution < 1.29 is 19.0 Å². The van der Waals surface area contributed by atoms with Gasteiger partial charge in [0.15, 0.2) is 11.5 Å². The number of methoxy groups -OCH3 is 1. The molecule has 0 saturated carbocycles. The quantitative estimate of drug-likeness (QED) is 0.269. The number of fused-ring (bicyclic) bond motifs is 1. The normalized spacial score (nSPS) is 14.5. The molecular formula is C32H34N4O4S. The average Bonchev–Trinajstić information content (AvgIpc) is 3.68. The van der Waals surface area contributed by atoms with Crippen molar-refractivity contribution in [3.8, 4) is 17.2 Å². The molecule has 2 aliphatic heterocycles. The third kappa shape index (κ3) is 6.47. The second kappa shape index (κ2) is 12.2. The summed E-state index contributed by atoms with van der Waals surface area (Å²) in [5.41, 5.74) is 5.29. The van der Waals surface area contributed by atoms with Gasteiger partial charge in [0.05, 0.1) is 13.7 Å². The molecule has 0 bridgehead atoms. The molecule has 0 radical (unpaired) electrons. The second-order valence-electron chi connectivity index (χ2n) is 10.4. The zero-order valence-corrected chi connectivity index (χ0v) is 24.2. The van der Waals surface area contributed by atoms with Gasteiger partial charge in [-0.15, -0.1) is 11.3 Å². The number of benzene rings is 3. The van der Waals surface area contributed by atoms with Crippen molar-refractivity contribution in [1.82, 2.24) is 14.8 Å². The highest BCUT2D eigenvalue weighted by molar-refractivity contribution is 7.09. The number of ether oxygens (including phenoxy) is 3. The molecule has 4 aromatic rings. The molecule has 9 heteroatoms. The number of aromatic nitrogens is 1. The predicted molar refractivity (Wildman–Crippen MR) is 160 cm³/mol. The van der Waals surface area contributed by atoms with E-state index >= 15 is 0 Å². The lowest BCUT2D eigenvalue weighted by atomic mass is 10.1. The molecule has 1 fully saturated rings. The van der Waals surface area contributed by atoms with Gasteiger partial charge in [-0.1, -0.05) is 35.9 Å². The van der Waals surface area contributed by atoms with Crippen LogP contribution in [0.4, 0.5) is 5.69 Å². The Labute approximate surface area is 244 Å². The van der Waals surface area contributed by atoms with Crippen LogP contribution in [0.3, 0.4) is 0 Å². The molecule has 41 heavy (non-hydrogen) atoms. The Hall–Kier alpha value is -4.08. The minimum absolute atomic E-state index is 0.00253. The minimum Gasteiger partial charge on any atom is -0.497 e. The highest BCUT2D eigenvalue weighted by Crippen LogP contribution is 2.33. The van der Waals surface area contributed by atoms with Crippen LogP contribution in [0.1, 0.15) is 32.2 Å². The van der Waals surface area contributed by atoms with Crippen LogP contribution in [0.5, 0.6) is 17.2 Å². The Morgan fingerprint density at radius 2 is 1.61 bits per heavy atom. The number of aryl methyl sites for hydroxylation is 1. The van der Waals surface area contributed by atoms with Crippen molar-refractivity contribution in [3.63, 3.8) is 0 Å². The van der Waals surface area contributed by atoms with Gasteiger partial charge in [0, 0.05) is 50.3 Å². The van der Waals surface area contributed by atoms with Crippen molar-refractivity contribution >= 4 is 22.9 Å². The predicted octanol–water partition coefficient (Wildman–Crippen LogP) is 5.35. The smallest absolute Gasteiger partial charge is 0.273 e. The number of piperazine rings is 1. The van der Waals surface area contributed by atoms with Crippen LogP contribution in [0, 0.1) is 6.92 Å². The summed E-state index contributed by atoms with van der Waals surface area (Å²) < 4.78 is 16.4. The van der Waals surface area contributed by atoms with Gasteiger partial charge in [-0.05, 0) is 54.4 Å². The first-order valence-electron chi connectivity index (χ1n) is 13.8. The molecule has 0 aliphatic carbocycles. The van der Waals surface area contributed by atoms with Crippen molar-refractivity contribution in [3.05, 3.63) is 99.5 Å². The van der Waals surface area contributed by atoms with Crippen LogP contribution < -0.4 is 19.1 Å². The number of nitrogens with zero attached hydrogens (tertiary/aromatic N) is 4. The maximum atomic E-state index is 13.3. The molecule has 0 N–H and O–H groups in total. The second-order valence-corrected chi connectivity index (χ2v) is 11.4. The van der Waals surface area contributed by atoms with Gasteiger partial charge >= 0.3 is 0 Å². The lowest BCUT2D eigenvalue weighted by Crippen LogP contribution is -2.48.